The fraction of sp³-hybridized carbons (Fsp3) is 0.471. The maximum Gasteiger partial charge on any atom is 0.230 e. The Kier molecular flexibility index (Phi) is 5.14. The molecule has 1 fully saturated rings. The third-order valence-corrected chi connectivity index (χ3v) is 4.62. The predicted octanol–water partition coefficient (Wildman–Crippen LogP) is 3.33. The van der Waals surface area contributed by atoms with Crippen LogP contribution in [0.15, 0.2) is 34.7 Å². The SMILES string of the molecule is CN(Cc1cc2ccccc2o1)C(=O)C1(CN)CCCC1.Cl. The summed E-state index contributed by atoms with van der Waals surface area (Å²) in [7, 11) is 1.84. The summed E-state index contributed by atoms with van der Waals surface area (Å²) in [5.74, 6) is 0.972. The van der Waals surface area contributed by atoms with Crippen LogP contribution in [0.2, 0.25) is 0 Å². The number of amides is 1. The molecule has 5 heteroatoms. The molecule has 120 valence electrons. The molecule has 4 nitrogen and oxygen atoms in total. The Balaban J connectivity index is 0.00000176. The van der Waals surface area contributed by atoms with Gasteiger partial charge >= 0.3 is 0 Å². The highest BCUT2D eigenvalue weighted by Crippen LogP contribution is 2.38. The van der Waals surface area contributed by atoms with E-state index in [0.717, 1.165) is 42.4 Å². The highest BCUT2D eigenvalue weighted by Gasteiger charge is 2.41. The normalized spacial score (nSPS) is 16.5. The fourth-order valence-corrected chi connectivity index (χ4v) is 3.38. The maximum absolute atomic E-state index is 12.7. The van der Waals surface area contributed by atoms with Crippen LogP contribution in [-0.4, -0.2) is 24.4 Å². The van der Waals surface area contributed by atoms with E-state index in [0.29, 0.717) is 13.1 Å². The minimum atomic E-state index is -0.346. The van der Waals surface area contributed by atoms with E-state index in [1.807, 2.05) is 37.4 Å². The first-order chi connectivity index (χ1) is 10.1. The average molecular weight is 323 g/mol. The molecule has 1 aromatic heterocycles. The third-order valence-electron chi connectivity index (χ3n) is 4.62. The van der Waals surface area contributed by atoms with E-state index in [1.165, 1.54) is 0 Å². The lowest BCUT2D eigenvalue weighted by molar-refractivity contribution is -0.140. The van der Waals surface area contributed by atoms with Crippen molar-refractivity contribution in [3.63, 3.8) is 0 Å². The number of halogens is 1. The second kappa shape index (κ2) is 6.71. The van der Waals surface area contributed by atoms with Crippen molar-refractivity contribution < 1.29 is 9.21 Å². The van der Waals surface area contributed by atoms with Crippen LogP contribution in [-0.2, 0) is 11.3 Å². The van der Waals surface area contributed by atoms with Crippen molar-refractivity contribution in [3.8, 4) is 0 Å². The minimum absolute atomic E-state index is 0. The number of benzene rings is 1. The van der Waals surface area contributed by atoms with Crippen molar-refractivity contribution >= 4 is 29.3 Å². The number of fused-ring (bicyclic) bond motifs is 1. The minimum Gasteiger partial charge on any atom is -0.459 e. The van der Waals surface area contributed by atoms with E-state index < -0.39 is 0 Å². The van der Waals surface area contributed by atoms with Crippen molar-refractivity contribution in [2.45, 2.75) is 32.2 Å². The molecule has 2 aromatic rings. The smallest absolute Gasteiger partial charge is 0.230 e. The molecule has 0 saturated heterocycles. The molecule has 1 saturated carbocycles. The summed E-state index contributed by atoms with van der Waals surface area (Å²) < 4.78 is 5.79. The molecule has 1 aliphatic carbocycles. The zero-order chi connectivity index (χ0) is 14.9. The van der Waals surface area contributed by atoms with Gasteiger partial charge in [0.2, 0.25) is 5.91 Å². The van der Waals surface area contributed by atoms with Gasteiger partial charge in [0.1, 0.15) is 11.3 Å². The first-order valence-electron chi connectivity index (χ1n) is 7.58. The molecule has 0 aliphatic heterocycles. The fourth-order valence-electron chi connectivity index (χ4n) is 3.38. The van der Waals surface area contributed by atoms with Gasteiger partial charge in [0, 0.05) is 19.0 Å². The van der Waals surface area contributed by atoms with Crippen LogP contribution >= 0.6 is 12.4 Å². The van der Waals surface area contributed by atoms with Crippen LogP contribution in [0, 0.1) is 5.41 Å². The number of para-hydroxylation sites is 1. The number of nitrogens with zero attached hydrogens (tertiary/aromatic N) is 1. The van der Waals surface area contributed by atoms with Gasteiger partial charge in [-0.2, -0.15) is 0 Å². The summed E-state index contributed by atoms with van der Waals surface area (Å²) in [4.78, 5) is 14.5. The van der Waals surface area contributed by atoms with Crippen LogP contribution < -0.4 is 5.73 Å². The summed E-state index contributed by atoms with van der Waals surface area (Å²) in [5, 5.41) is 1.07. The molecule has 1 aromatic carbocycles. The van der Waals surface area contributed by atoms with E-state index in [9.17, 15) is 4.79 Å². The van der Waals surface area contributed by atoms with Gasteiger partial charge in [0.05, 0.1) is 12.0 Å². The third kappa shape index (κ3) is 2.99. The van der Waals surface area contributed by atoms with Gasteiger partial charge < -0.3 is 15.1 Å². The number of rotatable bonds is 4. The lowest BCUT2D eigenvalue weighted by atomic mass is 9.85. The molecule has 0 unspecified atom stereocenters. The maximum atomic E-state index is 12.7. The first-order valence-corrected chi connectivity index (χ1v) is 7.58. The van der Waals surface area contributed by atoms with Gasteiger partial charge in [-0.15, -0.1) is 12.4 Å². The van der Waals surface area contributed by atoms with Gasteiger partial charge in [-0.05, 0) is 25.0 Å². The van der Waals surface area contributed by atoms with Gasteiger partial charge in [0.15, 0.2) is 0 Å². The van der Waals surface area contributed by atoms with Crippen molar-refractivity contribution in [2.24, 2.45) is 11.1 Å². The highest BCUT2D eigenvalue weighted by atomic mass is 35.5. The summed E-state index contributed by atoms with van der Waals surface area (Å²) in [5.41, 5.74) is 6.41. The molecular formula is C17H23ClN2O2. The van der Waals surface area contributed by atoms with Gasteiger partial charge in [-0.25, -0.2) is 0 Å². The van der Waals surface area contributed by atoms with Crippen LogP contribution in [0.3, 0.4) is 0 Å². The summed E-state index contributed by atoms with van der Waals surface area (Å²) in [6, 6.07) is 9.90. The topological polar surface area (TPSA) is 59.5 Å². The zero-order valence-electron chi connectivity index (χ0n) is 12.9. The average Bonchev–Trinajstić information content (AvgIpc) is 3.13. The Hall–Kier alpha value is -1.52. The van der Waals surface area contributed by atoms with E-state index in [4.69, 9.17) is 10.2 Å². The summed E-state index contributed by atoms with van der Waals surface area (Å²) in [6.45, 7) is 0.936. The van der Waals surface area contributed by atoms with Crippen molar-refractivity contribution in [2.75, 3.05) is 13.6 Å². The Bertz CT molecular complexity index is 614. The second-order valence-corrected chi connectivity index (χ2v) is 6.10. The van der Waals surface area contributed by atoms with Crippen LogP contribution in [0.4, 0.5) is 0 Å². The Morgan fingerprint density at radius 1 is 1.32 bits per heavy atom. The van der Waals surface area contributed by atoms with Crippen molar-refractivity contribution in [1.29, 1.82) is 0 Å². The van der Waals surface area contributed by atoms with E-state index in [2.05, 4.69) is 0 Å². The zero-order valence-corrected chi connectivity index (χ0v) is 13.7. The van der Waals surface area contributed by atoms with Gasteiger partial charge in [0.25, 0.3) is 0 Å². The van der Waals surface area contributed by atoms with Gasteiger partial charge in [-0.1, -0.05) is 31.0 Å². The first kappa shape index (κ1) is 16.8. The molecule has 0 atom stereocenters. The van der Waals surface area contributed by atoms with Crippen molar-refractivity contribution in [1.82, 2.24) is 4.90 Å². The number of furan rings is 1. The van der Waals surface area contributed by atoms with Crippen LogP contribution in [0.25, 0.3) is 11.0 Å². The second-order valence-electron chi connectivity index (χ2n) is 6.10. The molecular weight excluding hydrogens is 300 g/mol. The number of hydrogen-bond donors (Lipinski definition) is 1. The highest BCUT2D eigenvalue weighted by molar-refractivity contribution is 5.85. The van der Waals surface area contributed by atoms with Gasteiger partial charge in [-0.3, -0.25) is 4.79 Å². The number of hydrogen-bond acceptors (Lipinski definition) is 3. The standard InChI is InChI=1S/C17H22N2O2.ClH/c1-19(16(20)17(12-18)8-4-5-9-17)11-14-10-13-6-2-3-7-15(13)21-14;/h2-3,6-7,10H,4-5,8-9,11-12,18H2,1H3;1H. The number of carbonyl (C=O) groups is 1. The molecule has 2 N–H and O–H groups in total. The van der Waals surface area contributed by atoms with E-state index >= 15 is 0 Å². The quantitative estimate of drug-likeness (QED) is 0.939. The number of carbonyl (C=O) groups excluding carboxylic acids is 1. The lowest BCUT2D eigenvalue weighted by Crippen LogP contribution is -2.44. The largest absolute Gasteiger partial charge is 0.459 e. The van der Waals surface area contributed by atoms with E-state index in [1.54, 1.807) is 4.90 Å². The lowest BCUT2D eigenvalue weighted by Gasteiger charge is -2.30. The Morgan fingerprint density at radius 3 is 2.64 bits per heavy atom. The summed E-state index contributed by atoms with van der Waals surface area (Å²) >= 11 is 0. The number of nitrogens with two attached hydrogens (primary N) is 1. The monoisotopic (exact) mass is 322 g/mol. The molecule has 0 spiro atoms. The molecule has 3 rings (SSSR count). The molecule has 1 aliphatic rings. The summed E-state index contributed by atoms with van der Waals surface area (Å²) in [6.07, 6.45) is 4.02. The Morgan fingerprint density at radius 2 is 2.00 bits per heavy atom. The van der Waals surface area contributed by atoms with E-state index in [-0.39, 0.29) is 23.7 Å². The van der Waals surface area contributed by atoms with Crippen molar-refractivity contribution in [3.05, 3.63) is 36.1 Å². The Labute approximate surface area is 137 Å². The van der Waals surface area contributed by atoms with Crippen LogP contribution in [0.1, 0.15) is 31.4 Å². The predicted molar refractivity (Wildman–Crippen MR) is 89.9 cm³/mol. The van der Waals surface area contributed by atoms with Crippen LogP contribution in [0.5, 0.6) is 0 Å². The molecule has 22 heavy (non-hydrogen) atoms. The molecule has 1 heterocycles. The molecule has 0 radical (unpaired) electrons. The molecule has 1 amide bonds. The molecule has 0 bridgehead atoms.